The number of amides is 2. The molecule has 0 fully saturated rings. The molecule has 2 rings (SSSR count). The maximum absolute atomic E-state index is 12.3. The predicted octanol–water partition coefficient (Wildman–Crippen LogP) is 3.78. The Morgan fingerprint density at radius 1 is 0.921 bits per heavy atom. The molecule has 0 aliphatic rings. The van der Waals surface area contributed by atoms with Gasteiger partial charge in [0.15, 0.2) is 0 Å². The maximum Gasteiger partial charge on any atom is 0.513 e. The highest BCUT2D eigenvalue weighted by molar-refractivity contribution is 5.83. The Balaban J connectivity index is 1.80. The molecule has 3 N–H and O–H groups in total. The number of hydrogen-bond acceptors (Lipinski definition) is 9. The molecule has 0 heterocycles. The molecule has 2 aromatic rings. The van der Waals surface area contributed by atoms with Gasteiger partial charge in [-0.1, -0.05) is 24.3 Å². The van der Waals surface area contributed by atoms with Gasteiger partial charge in [-0.2, -0.15) is 0 Å². The lowest BCUT2D eigenvalue weighted by Crippen LogP contribution is -2.44. The molecule has 206 valence electrons. The van der Waals surface area contributed by atoms with Gasteiger partial charge >= 0.3 is 12.2 Å². The zero-order valence-electron chi connectivity index (χ0n) is 22.1. The van der Waals surface area contributed by atoms with Crippen LogP contribution < -0.4 is 25.3 Å². The predicted molar refractivity (Wildman–Crippen MR) is 140 cm³/mol. The number of rotatable bonds is 12. The Morgan fingerprint density at radius 2 is 1.53 bits per heavy atom. The van der Waals surface area contributed by atoms with E-state index in [9.17, 15) is 14.4 Å². The molecule has 1 atom stereocenters. The first-order valence-corrected chi connectivity index (χ1v) is 11.7. The van der Waals surface area contributed by atoms with Crippen molar-refractivity contribution in [1.82, 2.24) is 5.32 Å². The Labute approximate surface area is 221 Å². The lowest BCUT2D eigenvalue weighted by molar-refractivity contribution is -0.136. The molecule has 0 radical (unpaired) electrons. The molecule has 2 amide bonds. The van der Waals surface area contributed by atoms with Gasteiger partial charge in [-0.05, 0) is 56.2 Å². The fourth-order valence-electron chi connectivity index (χ4n) is 2.94. The third kappa shape index (κ3) is 11.2. The van der Waals surface area contributed by atoms with Gasteiger partial charge in [-0.3, -0.25) is 4.79 Å². The van der Waals surface area contributed by atoms with Crippen molar-refractivity contribution in [2.24, 2.45) is 5.73 Å². The van der Waals surface area contributed by atoms with Gasteiger partial charge in [-0.15, -0.1) is 0 Å². The summed E-state index contributed by atoms with van der Waals surface area (Å²) < 4.78 is 30.9. The molecular weight excluding hydrogens is 496 g/mol. The highest BCUT2D eigenvalue weighted by Crippen LogP contribution is 2.24. The summed E-state index contributed by atoms with van der Waals surface area (Å²) in [5.41, 5.74) is 6.23. The molecule has 38 heavy (non-hydrogen) atoms. The second-order valence-electron chi connectivity index (χ2n) is 8.89. The average molecular weight is 531 g/mol. The number of methoxy groups -OCH3 is 2. The Kier molecular flexibility index (Phi) is 11.4. The van der Waals surface area contributed by atoms with Crippen LogP contribution in [0.2, 0.25) is 0 Å². The Morgan fingerprint density at radius 3 is 2.08 bits per heavy atom. The summed E-state index contributed by atoms with van der Waals surface area (Å²) in [5, 5.41) is 2.49. The molecule has 0 saturated heterocycles. The van der Waals surface area contributed by atoms with Crippen LogP contribution in [0.15, 0.2) is 42.5 Å². The number of carbonyl (C=O) groups excluding carboxylic acids is 3. The van der Waals surface area contributed by atoms with Crippen molar-refractivity contribution in [2.75, 3.05) is 34.0 Å². The van der Waals surface area contributed by atoms with Crippen LogP contribution in [0.5, 0.6) is 17.2 Å². The monoisotopic (exact) mass is 530 g/mol. The van der Waals surface area contributed by atoms with E-state index in [0.29, 0.717) is 11.5 Å². The van der Waals surface area contributed by atoms with Crippen molar-refractivity contribution in [3.05, 3.63) is 53.6 Å². The van der Waals surface area contributed by atoms with Crippen LogP contribution in [0, 0.1) is 0 Å². The van der Waals surface area contributed by atoms with Gasteiger partial charge in [0, 0.05) is 6.07 Å². The number of carbonyl (C=O) groups is 3. The number of nitrogens with one attached hydrogen (secondary N) is 1. The first-order chi connectivity index (χ1) is 18.0. The van der Waals surface area contributed by atoms with E-state index in [1.165, 1.54) is 0 Å². The second kappa shape index (κ2) is 14.5. The van der Waals surface area contributed by atoms with E-state index >= 15 is 0 Å². The molecule has 11 heteroatoms. The molecule has 0 aromatic heterocycles. The Hall–Kier alpha value is -4.25. The number of primary amides is 1. The minimum absolute atomic E-state index is 0.0408. The van der Waals surface area contributed by atoms with Crippen LogP contribution in [0.3, 0.4) is 0 Å². The normalized spacial score (nSPS) is 11.9. The van der Waals surface area contributed by atoms with Crippen molar-refractivity contribution in [1.29, 1.82) is 0 Å². The highest BCUT2D eigenvalue weighted by Gasteiger charge is 2.25. The molecule has 0 spiro atoms. The van der Waals surface area contributed by atoms with Crippen LogP contribution in [-0.4, -0.2) is 63.8 Å². The highest BCUT2D eigenvalue weighted by atomic mass is 16.7. The minimum Gasteiger partial charge on any atom is -0.497 e. The number of benzene rings is 2. The third-order valence-electron chi connectivity index (χ3n) is 4.76. The summed E-state index contributed by atoms with van der Waals surface area (Å²) in [7, 11) is 3.17. The van der Waals surface area contributed by atoms with E-state index in [1.807, 2.05) is 24.3 Å². The van der Waals surface area contributed by atoms with E-state index < -0.39 is 29.9 Å². The molecule has 11 nitrogen and oxygen atoms in total. The second-order valence-corrected chi connectivity index (χ2v) is 8.89. The van der Waals surface area contributed by atoms with Crippen LogP contribution >= 0.6 is 0 Å². The maximum atomic E-state index is 12.3. The fourth-order valence-corrected chi connectivity index (χ4v) is 2.94. The fraction of sp³-hybridized carbons (Fsp3) is 0.370. The van der Waals surface area contributed by atoms with E-state index in [-0.39, 0.29) is 25.5 Å². The first-order valence-electron chi connectivity index (χ1n) is 11.7. The van der Waals surface area contributed by atoms with E-state index in [2.05, 4.69) is 5.32 Å². The smallest absolute Gasteiger partial charge is 0.497 e. The minimum atomic E-state index is -1.24. The summed E-state index contributed by atoms with van der Waals surface area (Å²) in [6, 6.07) is 12.3. The van der Waals surface area contributed by atoms with Crippen LogP contribution in [-0.2, 0) is 19.0 Å². The topological polar surface area (TPSA) is 145 Å². The molecule has 1 unspecified atom stereocenters. The summed E-state index contributed by atoms with van der Waals surface area (Å²) >= 11 is 0. The molecule has 0 aliphatic heterocycles. The van der Waals surface area contributed by atoms with Gasteiger partial charge in [0.25, 0.3) is 5.91 Å². The van der Waals surface area contributed by atoms with Crippen molar-refractivity contribution in [3.63, 3.8) is 0 Å². The standard InChI is InChI=1S/C27H34N2O9/c1-27(2,3)36-17-23(38-25(28)31)24(30)29-12-13-35-26(32)37-20-10-8-18(9-11-20)6-7-19-14-21(33-4)16-22(15-19)34-5/h6-11,14-16,23H,12-13,17H2,1-5H3,(H2,28,31)(H,29,30). The van der Waals surface area contributed by atoms with Crippen LogP contribution in [0.1, 0.15) is 31.9 Å². The number of nitrogens with two attached hydrogens (primary N) is 1. The van der Waals surface area contributed by atoms with Crippen molar-refractivity contribution in [3.8, 4) is 17.2 Å². The van der Waals surface area contributed by atoms with Crippen LogP contribution in [0.4, 0.5) is 9.59 Å². The van der Waals surface area contributed by atoms with Gasteiger partial charge < -0.3 is 39.5 Å². The van der Waals surface area contributed by atoms with Gasteiger partial charge in [-0.25, -0.2) is 9.59 Å². The van der Waals surface area contributed by atoms with E-state index in [4.69, 9.17) is 34.2 Å². The lowest BCUT2D eigenvalue weighted by atomic mass is 10.1. The quantitative estimate of drug-likeness (QED) is 0.181. The largest absolute Gasteiger partial charge is 0.513 e. The zero-order chi connectivity index (χ0) is 28.1. The summed E-state index contributed by atoms with van der Waals surface area (Å²) in [5.74, 6) is 1.01. The third-order valence-corrected chi connectivity index (χ3v) is 4.76. The van der Waals surface area contributed by atoms with Crippen molar-refractivity contribution in [2.45, 2.75) is 32.5 Å². The summed E-state index contributed by atoms with van der Waals surface area (Å²) in [6.07, 6.45) is 0.507. The van der Waals surface area contributed by atoms with Crippen molar-refractivity contribution < 1.29 is 42.8 Å². The first kappa shape index (κ1) is 30.0. The molecule has 0 saturated carbocycles. The van der Waals surface area contributed by atoms with E-state index in [0.717, 1.165) is 11.1 Å². The van der Waals surface area contributed by atoms with Gasteiger partial charge in [0.1, 0.15) is 23.9 Å². The summed E-state index contributed by atoms with van der Waals surface area (Å²) in [6.45, 7) is 4.97. The van der Waals surface area contributed by atoms with Gasteiger partial charge in [0.05, 0.1) is 33.0 Å². The lowest BCUT2D eigenvalue weighted by Gasteiger charge is -2.23. The molecule has 2 aromatic carbocycles. The molecular formula is C27H34N2O9. The summed E-state index contributed by atoms with van der Waals surface area (Å²) in [4.78, 5) is 35.3. The van der Waals surface area contributed by atoms with Gasteiger partial charge in [0.2, 0.25) is 6.10 Å². The van der Waals surface area contributed by atoms with E-state index in [1.54, 1.807) is 65.3 Å². The average Bonchev–Trinajstić information content (AvgIpc) is 2.87. The zero-order valence-corrected chi connectivity index (χ0v) is 22.1. The SMILES string of the molecule is COc1cc(C=Cc2ccc(OC(=O)OCCNC(=O)C(COC(C)(C)C)OC(N)=O)cc2)cc(OC)c1. The Bertz CT molecular complexity index is 1090. The molecule has 0 bridgehead atoms. The number of ether oxygens (including phenoxy) is 6. The van der Waals surface area contributed by atoms with Crippen molar-refractivity contribution >= 4 is 30.3 Å². The van der Waals surface area contributed by atoms with Crippen LogP contribution in [0.25, 0.3) is 12.2 Å². The number of hydrogen-bond donors (Lipinski definition) is 2. The molecule has 0 aliphatic carbocycles.